The molecular weight excluding hydrogens is 266 g/mol. The van der Waals surface area contributed by atoms with E-state index in [2.05, 4.69) is 17.5 Å². The number of fused-ring (bicyclic) bond motifs is 1. The summed E-state index contributed by atoms with van der Waals surface area (Å²) in [5.41, 5.74) is 6.78. The molecule has 0 saturated carbocycles. The lowest BCUT2D eigenvalue weighted by Gasteiger charge is -2.05. The van der Waals surface area contributed by atoms with Crippen molar-refractivity contribution < 1.29 is 9.90 Å². The zero-order valence-corrected chi connectivity index (χ0v) is 11.5. The maximum absolute atomic E-state index is 10.6. The Morgan fingerprint density at radius 1 is 1.44 bits per heavy atom. The summed E-state index contributed by atoms with van der Waals surface area (Å²) < 4.78 is 1.30. The van der Waals surface area contributed by atoms with Crippen molar-refractivity contribution in [2.45, 2.75) is 18.2 Å². The number of hydrogen-bond acceptors (Lipinski definition) is 4. The highest BCUT2D eigenvalue weighted by atomic mass is 32.2. The first-order valence-electron chi connectivity index (χ1n) is 5.69. The monoisotopic (exact) mass is 281 g/mol. The summed E-state index contributed by atoms with van der Waals surface area (Å²) >= 11 is 3.49. The Labute approximate surface area is 114 Å². The molecule has 0 aliphatic rings. The third-order valence-electron chi connectivity index (χ3n) is 2.71. The van der Waals surface area contributed by atoms with Gasteiger partial charge < -0.3 is 10.8 Å². The molecule has 1 aromatic heterocycles. The first-order valence-corrected chi connectivity index (χ1v) is 7.73. The highest BCUT2D eigenvalue weighted by Crippen LogP contribution is 2.28. The summed E-state index contributed by atoms with van der Waals surface area (Å²) in [6.45, 7) is 0. The van der Waals surface area contributed by atoms with Crippen molar-refractivity contribution in [3.63, 3.8) is 0 Å². The third kappa shape index (κ3) is 3.25. The molecule has 0 aliphatic carbocycles. The number of aliphatic carboxylic acids is 1. The first-order chi connectivity index (χ1) is 8.68. The summed E-state index contributed by atoms with van der Waals surface area (Å²) in [5.74, 6) is 0.769. The molecule has 3 nitrogen and oxygen atoms in total. The third-order valence-corrected chi connectivity index (χ3v) is 4.76. The maximum Gasteiger partial charge on any atom is 0.320 e. The lowest BCUT2D eigenvalue weighted by molar-refractivity contribution is -0.138. The van der Waals surface area contributed by atoms with Crippen LogP contribution in [0.1, 0.15) is 12.0 Å². The van der Waals surface area contributed by atoms with Crippen LogP contribution in [-0.2, 0) is 10.5 Å². The van der Waals surface area contributed by atoms with Crippen molar-refractivity contribution in [2.75, 3.05) is 5.75 Å². The second kappa shape index (κ2) is 6.22. The Morgan fingerprint density at radius 3 is 3.00 bits per heavy atom. The smallest absolute Gasteiger partial charge is 0.320 e. The zero-order valence-electron chi connectivity index (χ0n) is 9.83. The van der Waals surface area contributed by atoms with E-state index in [1.807, 2.05) is 12.1 Å². The molecule has 1 heterocycles. The molecule has 3 N–H and O–H groups in total. The fourth-order valence-electron chi connectivity index (χ4n) is 1.66. The van der Waals surface area contributed by atoms with Crippen molar-refractivity contribution in [1.82, 2.24) is 0 Å². The second-order valence-electron chi connectivity index (χ2n) is 4.04. The molecule has 1 unspecified atom stereocenters. The van der Waals surface area contributed by atoms with Gasteiger partial charge in [0.1, 0.15) is 6.04 Å². The molecule has 1 atom stereocenters. The number of benzene rings is 1. The summed E-state index contributed by atoms with van der Waals surface area (Å²) in [7, 11) is 0. The molecule has 0 spiro atoms. The van der Waals surface area contributed by atoms with Crippen molar-refractivity contribution in [3.05, 3.63) is 35.2 Å². The molecule has 0 aliphatic heterocycles. The van der Waals surface area contributed by atoms with Crippen molar-refractivity contribution >= 4 is 39.2 Å². The number of hydrogen-bond donors (Lipinski definition) is 2. The van der Waals surface area contributed by atoms with Gasteiger partial charge in [0.05, 0.1) is 0 Å². The average Bonchev–Trinajstić information content (AvgIpc) is 2.77. The van der Waals surface area contributed by atoms with Crippen LogP contribution in [0.25, 0.3) is 10.1 Å². The highest BCUT2D eigenvalue weighted by molar-refractivity contribution is 7.98. The first kappa shape index (κ1) is 13.4. The van der Waals surface area contributed by atoms with Gasteiger partial charge >= 0.3 is 5.97 Å². The van der Waals surface area contributed by atoms with Gasteiger partial charge in [-0.05, 0) is 34.6 Å². The number of carboxylic acids is 1. The average molecular weight is 281 g/mol. The SMILES string of the molecule is NC(CCSCc1csc2ccccc12)C(=O)O. The van der Waals surface area contributed by atoms with E-state index in [1.165, 1.54) is 15.6 Å². The highest BCUT2D eigenvalue weighted by Gasteiger charge is 2.10. The molecule has 18 heavy (non-hydrogen) atoms. The minimum atomic E-state index is -0.920. The standard InChI is InChI=1S/C13H15NO2S2/c14-11(13(15)16)5-6-17-7-9-8-18-12-4-2-1-3-10(9)12/h1-4,8,11H,5-7,14H2,(H,15,16). The van der Waals surface area contributed by atoms with E-state index in [9.17, 15) is 4.79 Å². The van der Waals surface area contributed by atoms with Gasteiger partial charge in [-0.3, -0.25) is 4.79 Å². The van der Waals surface area contributed by atoms with Crippen LogP contribution in [-0.4, -0.2) is 22.9 Å². The van der Waals surface area contributed by atoms with Crippen LogP contribution in [0.15, 0.2) is 29.6 Å². The predicted molar refractivity (Wildman–Crippen MR) is 78.2 cm³/mol. The Hall–Kier alpha value is -1.04. The molecule has 5 heteroatoms. The summed E-state index contributed by atoms with van der Waals surface area (Å²) in [6.07, 6.45) is 0.516. The molecule has 0 saturated heterocycles. The fraction of sp³-hybridized carbons (Fsp3) is 0.308. The summed E-state index contributed by atoms with van der Waals surface area (Å²) in [5, 5.41) is 12.2. The lowest BCUT2D eigenvalue weighted by Crippen LogP contribution is -2.30. The van der Waals surface area contributed by atoms with Gasteiger partial charge in [0.25, 0.3) is 0 Å². The fourth-order valence-corrected chi connectivity index (χ4v) is 3.75. The summed E-state index contributed by atoms with van der Waals surface area (Å²) in [6, 6.07) is 7.60. The molecule has 2 rings (SSSR count). The molecule has 1 aromatic carbocycles. The lowest BCUT2D eigenvalue weighted by atomic mass is 10.2. The Balaban J connectivity index is 1.85. The summed E-state index contributed by atoms with van der Waals surface area (Å²) in [4.78, 5) is 10.6. The van der Waals surface area contributed by atoms with E-state index in [0.29, 0.717) is 6.42 Å². The Bertz CT molecular complexity index is 539. The molecule has 2 aromatic rings. The van der Waals surface area contributed by atoms with Crippen LogP contribution < -0.4 is 5.73 Å². The number of rotatable bonds is 6. The molecule has 0 bridgehead atoms. The Morgan fingerprint density at radius 2 is 2.22 bits per heavy atom. The van der Waals surface area contributed by atoms with Crippen molar-refractivity contribution in [3.8, 4) is 0 Å². The van der Waals surface area contributed by atoms with Gasteiger partial charge in [-0.25, -0.2) is 0 Å². The largest absolute Gasteiger partial charge is 0.480 e. The molecule has 0 amide bonds. The minimum Gasteiger partial charge on any atom is -0.480 e. The second-order valence-corrected chi connectivity index (χ2v) is 6.06. The van der Waals surface area contributed by atoms with E-state index < -0.39 is 12.0 Å². The van der Waals surface area contributed by atoms with Crippen LogP contribution in [0, 0.1) is 0 Å². The van der Waals surface area contributed by atoms with Crippen LogP contribution in [0.4, 0.5) is 0 Å². The van der Waals surface area contributed by atoms with Crippen LogP contribution in [0.2, 0.25) is 0 Å². The van der Waals surface area contributed by atoms with Gasteiger partial charge in [-0.2, -0.15) is 11.8 Å². The van der Waals surface area contributed by atoms with E-state index in [0.717, 1.165) is 11.5 Å². The van der Waals surface area contributed by atoms with Gasteiger partial charge in [0.2, 0.25) is 0 Å². The molecular formula is C13H15NO2S2. The number of thioether (sulfide) groups is 1. The number of carbonyl (C=O) groups is 1. The zero-order chi connectivity index (χ0) is 13.0. The van der Waals surface area contributed by atoms with Crippen molar-refractivity contribution in [1.29, 1.82) is 0 Å². The molecule has 96 valence electrons. The number of nitrogens with two attached hydrogens (primary N) is 1. The molecule has 0 radical (unpaired) electrons. The molecule has 0 fully saturated rings. The van der Waals surface area contributed by atoms with Gasteiger partial charge in [0, 0.05) is 10.5 Å². The quantitative estimate of drug-likeness (QED) is 0.799. The van der Waals surface area contributed by atoms with Gasteiger partial charge in [-0.15, -0.1) is 11.3 Å². The van der Waals surface area contributed by atoms with E-state index in [4.69, 9.17) is 10.8 Å². The number of carboxylic acid groups (broad SMARTS) is 1. The minimum absolute atomic E-state index is 0.516. The topological polar surface area (TPSA) is 63.3 Å². The van der Waals surface area contributed by atoms with Crippen molar-refractivity contribution in [2.24, 2.45) is 5.73 Å². The number of thiophene rings is 1. The van der Waals surface area contributed by atoms with Crippen LogP contribution in [0.5, 0.6) is 0 Å². The maximum atomic E-state index is 10.6. The van der Waals surface area contributed by atoms with Crippen LogP contribution >= 0.6 is 23.1 Å². The van der Waals surface area contributed by atoms with Gasteiger partial charge in [-0.1, -0.05) is 18.2 Å². The van der Waals surface area contributed by atoms with E-state index >= 15 is 0 Å². The predicted octanol–water partition coefficient (Wildman–Crippen LogP) is 2.94. The van der Waals surface area contributed by atoms with Crippen LogP contribution in [0.3, 0.4) is 0 Å². The normalized spacial score (nSPS) is 12.7. The Kier molecular flexibility index (Phi) is 4.63. The van der Waals surface area contributed by atoms with E-state index in [1.54, 1.807) is 23.1 Å². The van der Waals surface area contributed by atoms with Gasteiger partial charge in [0.15, 0.2) is 0 Å². The van der Waals surface area contributed by atoms with E-state index in [-0.39, 0.29) is 0 Å².